The van der Waals surface area contributed by atoms with Crippen LogP contribution in [0.2, 0.25) is 0 Å². The first-order valence-electron chi connectivity index (χ1n) is 10.6. The second-order valence-corrected chi connectivity index (χ2v) is 7.76. The lowest BCUT2D eigenvalue weighted by Crippen LogP contribution is -2.54. The first kappa shape index (κ1) is 20.9. The average molecular weight is 418 g/mol. The Bertz CT molecular complexity index is 942. The van der Waals surface area contributed by atoms with Crippen LogP contribution in [0.25, 0.3) is 0 Å². The van der Waals surface area contributed by atoms with E-state index in [1.54, 1.807) is 19.1 Å². The van der Waals surface area contributed by atoms with Gasteiger partial charge in [-0.3, -0.25) is 14.5 Å². The van der Waals surface area contributed by atoms with E-state index in [1.165, 1.54) is 17.4 Å². The summed E-state index contributed by atoms with van der Waals surface area (Å²) in [5, 5.41) is 2.73. The lowest BCUT2D eigenvalue weighted by Gasteiger charge is -2.40. The molecule has 0 aliphatic carbocycles. The highest BCUT2D eigenvalue weighted by Crippen LogP contribution is 2.29. The van der Waals surface area contributed by atoms with Crippen LogP contribution in [0.5, 0.6) is 0 Å². The highest BCUT2D eigenvalue weighted by molar-refractivity contribution is 5.95. The number of rotatable bonds is 6. The molecule has 2 aromatic carbocycles. The molecule has 0 saturated carbocycles. The fraction of sp³-hybridized carbons (Fsp3) is 0.280. The number of nitrogens with zero attached hydrogens (tertiary/aromatic N) is 2. The molecule has 6 nitrogen and oxygen atoms in total. The summed E-state index contributed by atoms with van der Waals surface area (Å²) in [6, 6.07) is 23.7. The van der Waals surface area contributed by atoms with Crippen LogP contribution in [-0.2, 0) is 4.79 Å². The highest BCUT2D eigenvalue weighted by Gasteiger charge is 2.30. The largest absolute Gasteiger partial charge is 0.459 e. The van der Waals surface area contributed by atoms with Crippen LogP contribution in [-0.4, -0.2) is 53.8 Å². The van der Waals surface area contributed by atoms with Gasteiger partial charge in [0.1, 0.15) is 6.04 Å². The minimum Gasteiger partial charge on any atom is -0.459 e. The van der Waals surface area contributed by atoms with Crippen molar-refractivity contribution in [3.63, 3.8) is 0 Å². The third-order valence-electron chi connectivity index (χ3n) is 5.68. The van der Waals surface area contributed by atoms with Gasteiger partial charge in [0.05, 0.1) is 12.3 Å². The summed E-state index contributed by atoms with van der Waals surface area (Å²) in [7, 11) is 0. The number of furan rings is 1. The summed E-state index contributed by atoms with van der Waals surface area (Å²) in [6.07, 6.45) is 1.44. The van der Waals surface area contributed by atoms with E-state index in [0.717, 1.165) is 13.1 Å². The quantitative estimate of drug-likeness (QED) is 0.668. The third kappa shape index (κ3) is 4.86. The van der Waals surface area contributed by atoms with Crippen molar-refractivity contribution in [1.29, 1.82) is 0 Å². The monoisotopic (exact) mass is 417 g/mol. The predicted molar refractivity (Wildman–Crippen MR) is 119 cm³/mol. The van der Waals surface area contributed by atoms with Gasteiger partial charge in [0.15, 0.2) is 5.76 Å². The summed E-state index contributed by atoms with van der Waals surface area (Å²) in [6.45, 7) is 4.48. The number of amides is 2. The minimum absolute atomic E-state index is 0.0736. The summed E-state index contributed by atoms with van der Waals surface area (Å²) >= 11 is 0. The van der Waals surface area contributed by atoms with Gasteiger partial charge in [-0.05, 0) is 30.2 Å². The Morgan fingerprint density at radius 2 is 1.42 bits per heavy atom. The molecule has 3 aromatic rings. The Kier molecular flexibility index (Phi) is 6.48. The average Bonchev–Trinajstić information content (AvgIpc) is 3.36. The topological polar surface area (TPSA) is 65.8 Å². The summed E-state index contributed by atoms with van der Waals surface area (Å²) in [4.78, 5) is 29.3. The molecule has 4 rings (SSSR count). The molecule has 0 bridgehead atoms. The zero-order valence-corrected chi connectivity index (χ0v) is 17.6. The molecule has 1 atom stereocenters. The molecule has 1 saturated heterocycles. The highest BCUT2D eigenvalue weighted by atomic mass is 16.3. The molecule has 1 aliphatic heterocycles. The molecule has 31 heavy (non-hydrogen) atoms. The first-order chi connectivity index (χ1) is 15.1. The van der Waals surface area contributed by atoms with Crippen LogP contribution >= 0.6 is 0 Å². The van der Waals surface area contributed by atoms with Gasteiger partial charge in [0.2, 0.25) is 5.91 Å². The molecule has 1 aliphatic rings. The van der Waals surface area contributed by atoms with Crippen molar-refractivity contribution < 1.29 is 14.0 Å². The van der Waals surface area contributed by atoms with Crippen molar-refractivity contribution in [2.45, 2.75) is 19.0 Å². The molecular formula is C25H27N3O3. The molecule has 2 heterocycles. The number of benzene rings is 2. The number of piperazine rings is 1. The van der Waals surface area contributed by atoms with Gasteiger partial charge < -0.3 is 14.6 Å². The Hall–Kier alpha value is -3.38. The van der Waals surface area contributed by atoms with Gasteiger partial charge in [-0.2, -0.15) is 0 Å². The van der Waals surface area contributed by atoms with E-state index >= 15 is 0 Å². The predicted octanol–water partition coefficient (Wildman–Crippen LogP) is 3.33. The summed E-state index contributed by atoms with van der Waals surface area (Å²) in [5.74, 6) is -0.244. The second-order valence-electron chi connectivity index (χ2n) is 7.76. The van der Waals surface area contributed by atoms with E-state index in [2.05, 4.69) is 58.7 Å². The van der Waals surface area contributed by atoms with Crippen LogP contribution in [0.15, 0.2) is 83.5 Å². The van der Waals surface area contributed by atoms with E-state index in [1.807, 2.05) is 17.0 Å². The lowest BCUT2D eigenvalue weighted by atomic mass is 9.96. The molecule has 1 N–H and O–H groups in total. The number of hydrogen-bond donors (Lipinski definition) is 1. The Morgan fingerprint density at radius 3 is 1.94 bits per heavy atom. The normalized spacial score (nSPS) is 15.6. The van der Waals surface area contributed by atoms with Crippen molar-refractivity contribution in [3.05, 3.63) is 95.9 Å². The molecule has 1 aromatic heterocycles. The fourth-order valence-electron chi connectivity index (χ4n) is 4.10. The van der Waals surface area contributed by atoms with Gasteiger partial charge in [0, 0.05) is 26.2 Å². The second kappa shape index (κ2) is 9.62. The van der Waals surface area contributed by atoms with Gasteiger partial charge in [-0.1, -0.05) is 60.7 Å². The van der Waals surface area contributed by atoms with Crippen molar-refractivity contribution in [3.8, 4) is 0 Å². The fourth-order valence-corrected chi connectivity index (χ4v) is 4.10. The Labute approximate surface area is 182 Å². The molecule has 160 valence electrons. The van der Waals surface area contributed by atoms with E-state index in [0.29, 0.717) is 13.1 Å². The van der Waals surface area contributed by atoms with Gasteiger partial charge in [-0.15, -0.1) is 0 Å². The van der Waals surface area contributed by atoms with Crippen LogP contribution in [0, 0.1) is 0 Å². The standard InChI is InChI=1S/C25H27N3O3/c1-19(26-24(29)22-13-8-18-31-22)25(30)28-16-14-27(15-17-28)23(20-9-4-2-5-10-20)21-11-6-3-7-12-21/h2-13,18-19,23H,14-17H2,1H3,(H,26,29)/t19-/m0/s1. The number of nitrogens with one attached hydrogen (secondary N) is 1. The molecule has 0 spiro atoms. The van der Waals surface area contributed by atoms with Crippen LogP contribution in [0.3, 0.4) is 0 Å². The zero-order chi connectivity index (χ0) is 21.6. The Morgan fingerprint density at radius 1 is 0.839 bits per heavy atom. The van der Waals surface area contributed by atoms with Crippen molar-refractivity contribution in [2.24, 2.45) is 0 Å². The number of carbonyl (C=O) groups excluding carboxylic acids is 2. The molecule has 2 amide bonds. The van der Waals surface area contributed by atoms with E-state index in [-0.39, 0.29) is 23.6 Å². The van der Waals surface area contributed by atoms with Crippen molar-refractivity contribution in [1.82, 2.24) is 15.1 Å². The van der Waals surface area contributed by atoms with Gasteiger partial charge in [-0.25, -0.2) is 0 Å². The zero-order valence-electron chi connectivity index (χ0n) is 17.6. The van der Waals surface area contributed by atoms with Gasteiger partial charge in [0.25, 0.3) is 5.91 Å². The third-order valence-corrected chi connectivity index (χ3v) is 5.68. The minimum atomic E-state index is -0.608. The number of hydrogen-bond acceptors (Lipinski definition) is 4. The van der Waals surface area contributed by atoms with E-state index in [4.69, 9.17) is 4.42 Å². The smallest absolute Gasteiger partial charge is 0.287 e. The Balaban J connectivity index is 1.40. The summed E-state index contributed by atoms with van der Waals surface area (Å²) < 4.78 is 5.10. The van der Waals surface area contributed by atoms with E-state index < -0.39 is 6.04 Å². The SMILES string of the molecule is C[C@H](NC(=O)c1ccco1)C(=O)N1CCN(C(c2ccccc2)c2ccccc2)CC1. The van der Waals surface area contributed by atoms with Crippen LogP contribution < -0.4 is 5.32 Å². The first-order valence-corrected chi connectivity index (χ1v) is 10.6. The van der Waals surface area contributed by atoms with Gasteiger partial charge >= 0.3 is 0 Å². The molecule has 6 heteroatoms. The lowest BCUT2D eigenvalue weighted by molar-refractivity contribution is -0.134. The molecule has 0 radical (unpaired) electrons. The number of carbonyl (C=O) groups is 2. The molecule has 1 fully saturated rings. The summed E-state index contributed by atoms with van der Waals surface area (Å²) in [5.41, 5.74) is 2.49. The maximum Gasteiger partial charge on any atom is 0.287 e. The van der Waals surface area contributed by atoms with Crippen molar-refractivity contribution >= 4 is 11.8 Å². The maximum absolute atomic E-state index is 12.9. The molecular weight excluding hydrogens is 390 g/mol. The maximum atomic E-state index is 12.9. The molecule has 0 unspecified atom stereocenters. The van der Waals surface area contributed by atoms with Crippen molar-refractivity contribution in [2.75, 3.05) is 26.2 Å². The van der Waals surface area contributed by atoms with Crippen LogP contribution in [0.1, 0.15) is 34.6 Å². The van der Waals surface area contributed by atoms with E-state index in [9.17, 15) is 9.59 Å². The van der Waals surface area contributed by atoms with Crippen LogP contribution in [0.4, 0.5) is 0 Å².